The van der Waals surface area contributed by atoms with E-state index in [1.807, 2.05) is 48.5 Å². The summed E-state index contributed by atoms with van der Waals surface area (Å²) in [5, 5.41) is 21.6. The number of aliphatic hydroxyl groups excluding tert-OH is 1. The molecule has 1 aliphatic rings. The maximum Gasteiger partial charge on any atom is 0.407 e. The summed E-state index contributed by atoms with van der Waals surface area (Å²) < 4.78 is 19.0. The fraction of sp³-hybridized carbons (Fsp3) is 0.167. The number of alkyl carbamates (subject to hydrolysis) is 1. The third kappa shape index (κ3) is 4.13. The molecule has 3 aromatic rings. The third-order valence-electron chi connectivity index (χ3n) is 5.39. The van der Waals surface area contributed by atoms with Gasteiger partial charge in [0.2, 0.25) is 0 Å². The highest BCUT2D eigenvalue weighted by Gasteiger charge is 2.32. The number of rotatable bonds is 6. The summed E-state index contributed by atoms with van der Waals surface area (Å²) in [5.41, 5.74) is 4.33. The number of hydrogen-bond acceptors (Lipinski definition) is 4. The molecule has 0 bridgehead atoms. The van der Waals surface area contributed by atoms with Crippen molar-refractivity contribution in [2.75, 3.05) is 6.61 Å². The molecule has 3 N–H and O–H groups in total. The second kappa shape index (κ2) is 8.57. The van der Waals surface area contributed by atoms with E-state index in [-0.39, 0.29) is 18.1 Å². The number of carboxylic acids is 1. The minimum atomic E-state index is -1.97. The van der Waals surface area contributed by atoms with Gasteiger partial charge in [0.15, 0.2) is 6.10 Å². The number of fused-ring (bicyclic) bond motifs is 3. The molecule has 4 rings (SSSR count). The number of carboxylic acid groups (broad SMARTS) is 1. The molecule has 0 aliphatic heterocycles. The zero-order chi connectivity index (χ0) is 22.0. The van der Waals surface area contributed by atoms with Gasteiger partial charge < -0.3 is 20.3 Å². The van der Waals surface area contributed by atoms with E-state index in [4.69, 9.17) is 4.74 Å². The van der Waals surface area contributed by atoms with Crippen LogP contribution in [0.15, 0.2) is 72.8 Å². The molecule has 158 valence electrons. The molecule has 0 aromatic heterocycles. The Hall–Kier alpha value is -3.71. The fourth-order valence-corrected chi connectivity index (χ4v) is 3.95. The molecular formula is C24H20FNO5. The summed E-state index contributed by atoms with van der Waals surface area (Å²) in [6.45, 7) is 0.0267. The molecule has 0 radical (unpaired) electrons. The lowest BCUT2D eigenvalue weighted by molar-refractivity contribution is -0.148. The standard InChI is InChI=1S/C24H20FNO5/c25-15-7-5-6-14(12-15)21(22(27)23(28)29)26-24(30)31-13-20-18-10-3-1-8-16(18)17-9-2-4-11-19(17)20/h1-12,20-22,27H,13H2,(H,26,30)(H,28,29). The largest absolute Gasteiger partial charge is 0.479 e. The van der Waals surface area contributed by atoms with Gasteiger partial charge in [-0.05, 0) is 39.9 Å². The van der Waals surface area contributed by atoms with Gasteiger partial charge in [0, 0.05) is 5.92 Å². The Morgan fingerprint density at radius 1 is 0.968 bits per heavy atom. The summed E-state index contributed by atoms with van der Waals surface area (Å²) in [5.74, 6) is -2.34. The molecule has 0 heterocycles. The second-order valence-corrected chi connectivity index (χ2v) is 7.29. The highest BCUT2D eigenvalue weighted by molar-refractivity contribution is 5.79. The van der Waals surface area contributed by atoms with Crippen molar-refractivity contribution < 1.29 is 28.9 Å². The van der Waals surface area contributed by atoms with Crippen LogP contribution >= 0.6 is 0 Å². The molecule has 1 aliphatic carbocycles. The van der Waals surface area contributed by atoms with Crippen LogP contribution in [-0.4, -0.2) is 35.0 Å². The number of ether oxygens (including phenoxy) is 1. The van der Waals surface area contributed by atoms with Crippen molar-refractivity contribution in [1.29, 1.82) is 0 Å². The predicted octanol–water partition coefficient (Wildman–Crippen LogP) is 3.85. The minimum absolute atomic E-state index is 0.0267. The number of benzene rings is 3. The number of halogens is 1. The third-order valence-corrected chi connectivity index (χ3v) is 5.39. The maximum atomic E-state index is 13.6. The zero-order valence-corrected chi connectivity index (χ0v) is 16.4. The number of amides is 1. The van der Waals surface area contributed by atoms with E-state index in [1.165, 1.54) is 18.2 Å². The van der Waals surface area contributed by atoms with Gasteiger partial charge in [-0.15, -0.1) is 0 Å². The lowest BCUT2D eigenvalue weighted by Crippen LogP contribution is -2.40. The molecule has 0 spiro atoms. The fourth-order valence-electron chi connectivity index (χ4n) is 3.95. The lowest BCUT2D eigenvalue weighted by atomic mass is 9.98. The molecule has 0 saturated carbocycles. The highest BCUT2D eigenvalue weighted by Crippen LogP contribution is 2.44. The number of nitrogens with one attached hydrogen (secondary N) is 1. The Balaban J connectivity index is 1.51. The summed E-state index contributed by atoms with van der Waals surface area (Å²) in [4.78, 5) is 23.8. The molecular weight excluding hydrogens is 401 g/mol. The van der Waals surface area contributed by atoms with Crippen LogP contribution < -0.4 is 5.32 Å². The molecule has 6 nitrogen and oxygen atoms in total. The molecule has 2 atom stereocenters. The van der Waals surface area contributed by atoms with Gasteiger partial charge in [-0.3, -0.25) is 0 Å². The first-order chi connectivity index (χ1) is 15.0. The minimum Gasteiger partial charge on any atom is -0.479 e. The average Bonchev–Trinajstić information content (AvgIpc) is 3.09. The summed E-state index contributed by atoms with van der Waals surface area (Å²) in [7, 11) is 0. The Morgan fingerprint density at radius 2 is 1.58 bits per heavy atom. The van der Waals surface area contributed by atoms with E-state index < -0.39 is 30.0 Å². The first-order valence-electron chi connectivity index (χ1n) is 9.73. The van der Waals surface area contributed by atoms with Crippen LogP contribution in [0.2, 0.25) is 0 Å². The van der Waals surface area contributed by atoms with Crippen molar-refractivity contribution in [3.05, 3.63) is 95.3 Å². The Bertz CT molecular complexity index is 1090. The van der Waals surface area contributed by atoms with Gasteiger partial charge in [-0.25, -0.2) is 14.0 Å². The summed E-state index contributed by atoms with van der Waals surface area (Å²) in [6, 6.07) is 19.4. The van der Waals surface area contributed by atoms with Crippen LogP contribution in [0.5, 0.6) is 0 Å². The van der Waals surface area contributed by atoms with Crippen LogP contribution in [0.25, 0.3) is 11.1 Å². The van der Waals surface area contributed by atoms with E-state index in [0.717, 1.165) is 28.3 Å². The first kappa shape index (κ1) is 20.6. The Morgan fingerprint density at radius 3 is 2.16 bits per heavy atom. The SMILES string of the molecule is O=C(NC(c1cccc(F)c1)C(O)C(=O)O)OCC1c2ccccc2-c2ccccc21. The summed E-state index contributed by atoms with van der Waals surface area (Å²) in [6.07, 6.45) is -2.88. The highest BCUT2D eigenvalue weighted by atomic mass is 19.1. The van der Waals surface area contributed by atoms with Gasteiger partial charge >= 0.3 is 12.1 Å². The zero-order valence-electron chi connectivity index (χ0n) is 16.4. The van der Waals surface area contributed by atoms with Crippen LogP contribution in [0.3, 0.4) is 0 Å². The number of hydrogen-bond donors (Lipinski definition) is 3. The topological polar surface area (TPSA) is 95.9 Å². The molecule has 2 unspecified atom stereocenters. The molecule has 3 aromatic carbocycles. The van der Waals surface area contributed by atoms with E-state index >= 15 is 0 Å². The summed E-state index contributed by atoms with van der Waals surface area (Å²) >= 11 is 0. The van der Waals surface area contributed by atoms with Gasteiger partial charge in [0.05, 0.1) is 6.04 Å². The van der Waals surface area contributed by atoms with Gasteiger partial charge in [0.1, 0.15) is 12.4 Å². The van der Waals surface area contributed by atoms with Crippen LogP contribution in [0.4, 0.5) is 9.18 Å². The first-order valence-corrected chi connectivity index (χ1v) is 9.73. The Kier molecular flexibility index (Phi) is 5.68. The predicted molar refractivity (Wildman–Crippen MR) is 111 cm³/mol. The molecule has 7 heteroatoms. The van der Waals surface area contributed by atoms with Crippen LogP contribution in [0.1, 0.15) is 28.7 Å². The van der Waals surface area contributed by atoms with E-state index in [2.05, 4.69) is 5.32 Å². The number of carbonyl (C=O) groups excluding carboxylic acids is 1. The van der Waals surface area contributed by atoms with Crippen molar-refractivity contribution in [3.63, 3.8) is 0 Å². The number of carbonyl (C=O) groups is 2. The van der Waals surface area contributed by atoms with Crippen LogP contribution in [-0.2, 0) is 9.53 Å². The Labute approximate surface area is 177 Å². The number of aliphatic hydroxyl groups is 1. The van der Waals surface area contributed by atoms with Crippen molar-refractivity contribution >= 4 is 12.1 Å². The van der Waals surface area contributed by atoms with Crippen molar-refractivity contribution in [3.8, 4) is 11.1 Å². The second-order valence-electron chi connectivity index (χ2n) is 7.29. The average molecular weight is 421 g/mol. The number of aliphatic carboxylic acids is 1. The molecule has 31 heavy (non-hydrogen) atoms. The lowest BCUT2D eigenvalue weighted by Gasteiger charge is -2.22. The van der Waals surface area contributed by atoms with Crippen LogP contribution in [0, 0.1) is 5.82 Å². The van der Waals surface area contributed by atoms with Crippen molar-refractivity contribution in [2.24, 2.45) is 0 Å². The molecule has 0 saturated heterocycles. The van der Waals surface area contributed by atoms with E-state index in [0.29, 0.717) is 0 Å². The smallest absolute Gasteiger partial charge is 0.407 e. The van der Waals surface area contributed by atoms with E-state index in [1.54, 1.807) is 0 Å². The van der Waals surface area contributed by atoms with Gasteiger partial charge in [-0.2, -0.15) is 0 Å². The normalized spacial score (nSPS) is 14.3. The molecule has 1 amide bonds. The molecule has 0 fully saturated rings. The monoisotopic (exact) mass is 421 g/mol. The van der Waals surface area contributed by atoms with Gasteiger partial charge in [-0.1, -0.05) is 60.7 Å². The van der Waals surface area contributed by atoms with Crippen molar-refractivity contribution in [1.82, 2.24) is 5.32 Å². The quantitative estimate of drug-likeness (QED) is 0.562. The van der Waals surface area contributed by atoms with Gasteiger partial charge in [0.25, 0.3) is 0 Å². The van der Waals surface area contributed by atoms with Crippen molar-refractivity contribution in [2.45, 2.75) is 18.1 Å². The van der Waals surface area contributed by atoms with E-state index in [9.17, 15) is 24.2 Å². The maximum absolute atomic E-state index is 13.6.